The Morgan fingerprint density at radius 3 is 2.34 bits per heavy atom. The van der Waals surface area contributed by atoms with Crippen LogP contribution in [0, 0.1) is 12.8 Å². The predicted molar refractivity (Wildman–Crippen MR) is 122 cm³/mol. The summed E-state index contributed by atoms with van der Waals surface area (Å²) in [5.74, 6) is -0.991. The van der Waals surface area contributed by atoms with E-state index >= 15 is 0 Å². The molecule has 0 saturated carbocycles. The van der Waals surface area contributed by atoms with Crippen LogP contribution in [0.5, 0.6) is 0 Å². The van der Waals surface area contributed by atoms with E-state index in [2.05, 4.69) is 0 Å². The van der Waals surface area contributed by atoms with E-state index < -0.39 is 16.0 Å². The number of piperidine rings is 1. The standard InChI is InChI=1S/C24H26N2O5S/c1-17-7-9-18(10-8-17)16-32(29,30)25-13-11-19(12-14-25)23(27)26-15-21(24(28)31-2)20-5-3-4-6-22(20)26/h3-10,15,19H,11-14,16H2,1-2H3. The molecular formula is C24H26N2O5S. The normalized spacial score (nSPS) is 15.7. The molecule has 0 unspecified atom stereocenters. The van der Waals surface area contributed by atoms with E-state index in [4.69, 9.17) is 4.74 Å². The van der Waals surface area contributed by atoms with Crippen LogP contribution in [0.25, 0.3) is 10.9 Å². The number of ether oxygens (including phenoxy) is 1. The van der Waals surface area contributed by atoms with E-state index in [9.17, 15) is 18.0 Å². The SMILES string of the molecule is COC(=O)c1cn(C(=O)C2CCN(S(=O)(=O)Cc3ccc(C)cc3)CC2)c2ccccc12. The Kier molecular flexibility index (Phi) is 6.17. The van der Waals surface area contributed by atoms with Crippen molar-refractivity contribution in [3.8, 4) is 0 Å². The molecule has 0 amide bonds. The second kappa shape index (κ2) is 8.88. The van der Waals surface area contributed by atoms with Crippen molar-refractivity contribution in [2.24, 2.45) is 5.92 Å². The highest BCUT2D eigenvalue weighted by atomic mass is 32.2. The van der Waals surface area contributed by atoms with Gasteiger partial charge >= 0.3 is 5.97 Å². The first-order chi connectivity index (χ1) is 15.3. The van der Waals surface area contributed by atoms with Crippen LogP contribution in [-0.2, 0) is 20.5 Å². The van der Waals surface area contributed by atoms with Crippen LogP contribution in [0.15, 0.2) is 54.7 Å². The number of carbonyl (C=O) groups excluding carboxylic acids is 2. The van der Waals surface area contributed by atoms with Gasteiger partial charge in [0, 0.05) is 30.6 Å². The molecule has 4 rings (SSSR count). The van der Waals surface area contributed by atoms with Crippen LogP contribution in [-0.4, -0.2) is 49.4 Å². The molecule has 2 heterocycles. The van der Waals surface area contributed by atoms with Gasteiger partial charge in [-0.15, -0.1) is 0 Å². The Labute approximate surface area is 187 Å². The summed E-state index contributed by atoms with van der Waals surface area (Å²) >= 11 is 0. The minimum atomic E-state index is -3.45. The van der Waals surface area contributed by atoms with Crippen molar-refractivity contribution in [2.75, 3.05) is 20.2 Å². The number of benzene rings is 2. The van der Waals surface area contributed by atoms with Gasteiger partial charge in [-0.2, -0.15) is 0 Å². The lowest BCUT2D eigenvalue weighted by atomic mass is 9.97. The molecule has 1 aliphatic heterocycles. The summed E-state index contributed by atoms with van der Waals surface area (Å²) < 4.78 is 33.5. The Balaban J connectivity index is 1.48. The molecule has 1 saturated heterocycles. The monoisotopic (exact) mass is 454 g/mol. The van der Waals surface area contributed by atoms with Gasteiger partial charge in [0.25, 0.3) is 0 Å². The van der Waals surface area contributed by atoms with E-state index in [-0.39, 0.29) is 17.6 Å². The Hall–Kier alpha value is -2.97. The number of para-hydroxylation sites is 1. The Morgan fingerprint density at radius 2 is 1.69 bits per heavy atom. The highest BCUT2D eigenvalue weighted by molar-refractivity contribution is 7.88. The smallest absolute Gasteiger partial charge is 0.340 e. The van der Waals surface area contributed by atoms with E-state index in [1.54, 1.807) is 18.2 Å². The van der Waals surface area contributed by atoms with E-state index in [0.717, 1.165) is 11.1 Å². The van der Waals surface area contributed by atoms with Crippen LogP contribution in [0.4, 0.5) is 0 Å². The molecule has 1 fully saturated rings. The van der Waals surface area contributed by atoms with Crippen LogP contribution >= 0.6 is 0 Å². The number of aryl methyl sites for hydroxylation is 1. The average molecular weight is 455 g/mol. The lowest BCUT2D eigenvalue weighted by Gasteiger charge is -2.30. The maximum atomic E-state index is 13.3. The molecule has 0 bridgehead atoms. The number of fused-ring (bicyclic) bond motifs is 1. The van der Waals surface area contributed by atoms with Crippen molar-refractivity contribution in [3.63, 3.8) is 0 Å². The summed E-state index contributed by atoms with van der Waals surface area (Å²) in [5.41, 5.74) is 2.82. The van der Waals surface area contributed by atoms with Gasteiger partial charge in [-0.3, -0.25) is 9.36 Å². The van der Waals surface area contributed by atoms with Crippen molar-refractivity contribution >= 4 is 32.8 Å². The molecular weight excluding hydrogens is 428 g/mol. The number of hydrogen-bond acceptors (Lipinski definition) is 5. The van der Waals surface area contributed by atoms with Gasteiger partial charge in [-0.05, 0) is 31.4 Å². The number of hydrogen-bond donors (Lipinski definition) is 0. The maximum absolute atomic E-state index is 13.3. The third kappa shape index (κ3) is 4.33. The predicted octanol–water partition coefficient (Wildman–Crippen LogP) is 3.62. The lowest BCUT2D eigenvalue weighted by Crippen LogP contribution is -2.41. The largest absolute Gasteiger partial charge is 0.465 e. The zero-order chi connectivity index (χ0) is 22.9. The molecule has 0 aliphatic carbocycles. The highest BCUT2D eigenvalue weighted by Gasteiger charge is 2.32. The van der Waals surface area contributed by atoms with Gasteiger partial charge in [-0.25, -0.2) is 17.5 Å². The topological polar surface area (TPSA) is 85.7 Å². The maximum Gasteiger partial charge on any atom is 0.340 e. The van der Waals surface area contributed by atoms with Crippen molar-refractivity contribution in [1.29, 1.82) is 0 Å². The summed E-state index contributed by atoms with van der Waals surface area (Å²) in [6, 6.07) is 14.7. The first kappa shape index (κ1) is 22.2. The van der Waals surface area contributed by atoms with Gasteiger partial charge < -0.3 is 4.74 Å². The quantitative estimate of drug-likeness (QED) is 0.550. The van der Waals surface area contributed by atoms with Crippen molar-refractivity contribution < 1.29 is 22.7 Å². The minimum absolute atomic E-state index is 0.0450. The molecule has 0 N–H and O–H groups in total. The highest BCUT2D eigenvalue weighted by Crippen LogP contribution is 2.27. The molecule has 7 nitrogen and oxygen atoms in total. The first-order valence-corrected chi connectivity index (χ1v) is 12.2. The number of esters is 1. The molecule has 168 valence electrons. The van der Waals surface area contributed by atoms with Gasteiger partial charge in [0.2, 0.25) is 15.9 Å². The molecule has 0 atom stereocenters. The molecule has 1 aromatic heterocycles. The van der Waals surface area contributed by atoms with E-state index in [1.807, 2.05) is 37.3 Å². The van der Waals surface area contributed by atoms with Crippen LogP contribution in [0.2, 0.25) is 0 Å². The van der Waals surface area contributed by atoms with E-state index in [1.165, 1.54) is 22.2 Å². The molecule has 0 radical (unpaired) electrons. The molecule has 3 aromatic rings. The van der Waals surface area contributed by atoms with Crippen LogP contribution < -0.4 is 0 Å². The fourth-order valence-electron chi connectivity index (χ4n) is 4.20. The zero-order valence-corrected chi connectivity index (χ0v) is 19.0. The molecule has 8 heteroatoms. The van der Waals surface area contributed by atoms with Crippen LogP contribution in [0.1, 0.15) is 39.1 Å². The third-order valence-corrected chi connectivity index (χ3v) is 7.87. The van der Waals surface area contributed by atoms with Gasteiger partial charge in [0.1, 0.15) is 0 Å². The Bertz CT molecular complexity index is 1250. The Morgan fingerprint density at radius 1 is 1.03 bits per heavy atom. The van der Waals surface area contributed by atoms with E-state index in [0.29, 0.717) is 42.4 Å². The number of methoxy groups -OCH3 is 1. The summed E-state index contributed by atoms with van der Waals surface area (Å²) in [6.07, 6.45) is 2.40. The summed E-state index contributed by atoms with van der Waals surface area (Å²) in [4.78, 5) is 25.4. The summed E-state index contributed by atoms with van der Waals surface area (Å²) in [7, 11) is -2.15. The number of nitrogens with zero attached hydrogens (tertiary/aromatic N) is 2. The van der Waals surface area contributed by atoms with Gasteiger partial charge in [0.15, 0.2) is 0 Å². The van der Waals surface area contributed by atoms with Crippen molar-refractivity contribution in [3.05, 3.63) is 71.4 Å². The van der Waals surface area contributed by atoms with Crippen molar-refractivity contribution in [1.82, 2.24) is 8.87 Å². The molecule has 2 aromatic carbocycles. The van der Waals surface area contributed by atoms with Gasteiger partial charge in [-0.1, -0.05) is 48.0 Å². The number of rotatable bonds is 5. The second-order valence-corrected chi connectivity index (χ2v) is 10.1. The first-order valence-electron chi connectivity index (χ1n) is 10.6. The van der Waals surface area contributed by atoms with Crippen LogP contribution in [0.3, 0.4) is 0 Å². The van der Waals surface area contributed by atoms with Crippen molar-refractivity contribution in [2.45, 2.75) is 25.5 Å². The van der Waals surface area contributed by atoms with Gasteiger partial charge in [0.05, 0.1) is 23.9 Å². The fraction of sp³-hybridized carbons (Fsp3) is 0.333. The summed E-state index contributed by atoms with van der Waals surface area (Å²) in [6.45, 7) is 2.56. The lowest BCUT2D eigenvalue weighted by molar-refractivity contribution is 0.0603. The summed E-state index contributed by atoms with van der Waals surface area (Å²) in [5, 5.41) is 0.658. The fourth-order valence-corrected chi connectivity index (χ4v) is 5.76. The molecule has 1 aliphatic rings. The molecule has 0 spiro atoms. The zero-order valence-electron chi connectivity index (χ0n) is 18.2. The minimum Gasteiger partial charge on any atom is -0.465 e. The second-order valence-electron chi connectivity index (χ2n) is 8.17. The molecule has 32 heavy (non-hydrogen) atoms. The third-order valence-electron chi connectivity index (χ3n) is 6.02. The number of carbonyl (C=O) groups is 2. The number of sulfonamides is 1. The average Bonchev–Trinajstić information content (AvgIpc) is 3.19. The number of aromatic nitrogens is 1.